The van der Waals surface area contributed by atoms with Crippen LogP contribution in [0.1, 0.15) is 5.56 Å². The van der Waals surface area contributed by atoms with Gasteiger partial charge in [-0.1, -0.05) is 0 Å². The minimum Gasteiger partial charge on any atom is -0.388 e. The first-order chi connectivity index (χ1) is 5.81. The van der Waals surface area contributed by atoms with Gasteiger partial charge in [-0.15, -0.1) is 0 Å². The Kier molecular flexibility index (Phi) is 1.54. The van der Waals surface area contributed by atoms with E-state index in [4.69, 9.17) is 0 Å². The topological polar surface area (TPSA) is 27.8 Å². The summed E-state index contributed by atoms with van der Waals surface area (Å²) in [7, 11) is 1.95. The smallest absolute Gasteiger partial charge is 0.0477 e. The summed E-state index contributed by atoms with van der Waals surface area (Å²) in [5.74, 6) is 0. The first-order valence-corrected chi connectivity index (χ1v) is 4.07. The highest BCUT2D eigenvalue weighted by molar-refractivity contribution is 5.92. The van der Waals surface area contributed by atoms with Crippen molar-refractivity contribution in [3.05, 3.63) is 30.0 Å². The maximum Gasteiger partial charge on any atom is 0.0477 e. The Balaban J connectivity index is 2.80. The lowest BCUT2D eigenvalue weighted by Gasteiger charge is -2.03. The molecule has 0 fully saturated rings. The largest absolute Gasteiger partial charge is 0.388 e. The second kappa shape index (κ2) is 2.55. The summed E-state index contributed by atoms with van der Waals surface area (Å²) in [6, 6.07) is 6.38. The number of fused-ring (bicyclic) bond motifs is 1. The summed E-state index contributed by atoms with van der Waals surface area (Å²) in [6.07, 6.45) is 1.96. The van der Waals surface area contributed by atoms with Gasteiger partial charge < -0.3 is 10.3 Å². The van der Waals surface area contributed by atoms with Gasteiger partial charge in [-0.05, 0) is 30.7 Å². The molecule has 1 aromatic carbocycles. The lowest BCUT2D eigenvalue weighted by molar-refractivity contribution is 1.43. The van der Waals surface area contributed by atoms with Gasteiger partial charge in [0.2, 0.25) is 0 Å². The molecule has 0 amide bonds. The lowest BCUT2D eigenvalue weighted by Crippen LogP contribution is -1.89. The number of aromatic nitrogens is 1. The average Bonchev–Trinajstić information content (AvgIpc) is 2.50. The molecule has 0 radical (unpaired) electrons. The highest BCUT2D eigenvalue weighted by atomic mass is 14.8. The fraction of sp³-hybridized carbons (Fsp3) is 0.200. The fourth-order valence-corrected chi connectivity index (χ4v) is 1.52. The van der Waals surface area contributed by atoms with E-state index in [9.17, 15) is 0 Å². The third-order valence-electron chi connectivity index (χ3n) is 2.08. The molecule has 2 heteroatoms. The molecule has 0 aliphatic heterocycles. The van der Waals surface area contributed by atoms with Crippen molar-refractivity contribution in [3.63, 3.8) is 0 Å². The van der Waals surface area contributed by atoms with Crippen LogP contribution in [-0.2, 0) is 0 Å². The number of rotatable bonds is 1. The summed E-state index contributed by atoms with van der Waals surface area (Å²) < 4.78 is 0. The van der Waals surface area contributed by atoms with E-state index < -0.39 is 0 Å². The number of aromatic amines is 1. The Labute approximate surface area is 71.6 Å². The molecule has 2 nitrogen and oxygen atoms in total. The van der Waals surface area contributed by atoms with Crippen molar-refractivity contribution in [2.24, 2.45) is 0 Å². The molecule has 0 saturated heterocycles. The Morgan fingerprint density at radius 3 is 2.92 bits per heavy atom. The van der Waals surface area contributed by atoms with E-state index in [0.717, 1.165) is 0 Å². The van der Waals surface area contributed by atoms with E-state index >= 15 is 0 Å². The number of H-pyrrole nitrogens is 1. The minimum atomic E-state index is 1.19. The van der Waals surface area contributed by atoms with Crippen molar-refractivity contribution < 1.29 is 0 Å². The number of hydrogen-bond acceptors (Lipinski definition) is 1. The van der Waals surface area contributed by atoms with Crippen molar-refractivity contribution in [1.29, 1.82) is 0 Å². The molecule has 0 atom stereocenters. The molecule has 0 bridgehead atoms. The van der Waals surface area contributed by atoms with Crippen LogP contribution in [0.25, 0.3) is 10.9 Å². The Bertz CT molecular complexity index is 401. The van der Waals surface area contributed by atoms with E-state index in [1.54, 1.807) is 0 Å². The van der Waals surface area contributed by atoms with Crippen LogP contribution >= 0.6 is 0 Å². The van der Waals surface area contributed by atoms with Gasteiger partial charge in [0.25, 0.3) is 0 Å². The first-order valence-electron chi connectivity index (χ1n) is 4.07. The van der Waals surface area contributed by atoms with Gasteiger partial charge >= 0.3 is 0 Å². The van der Waals surface area contributed by atoms with Gasteiger partial charge in [0.05, 0.1) is 0 Å². The van der Waals surface area contributed by atoms with Gasteiger partial charge in [-0.2, -0.15) is 0 Å². The number of anilines is 1. The fourth-order valence-electron chi connectivity index (χ4n) is 1.52. The molecule has 2 N–H and O–H groups in total. The predicted molar refractivity (Wildman–Crippen MR) is 52.6 cm³/mol. The number of nitrogens with one attached hydrogen (secondary N) is 2. The molecular formula is C10H12N2. The van der Waals surface area contributed by atoms with Crippen LogP contribution in [-0.4, -0.2) is 12.0 Å². The van der Waals surface area contributed by atoms with Gasteiger partial charge in [0, 0.05) is 29.8 Å². The van der Waals surface area contributed by atoms with Crippen molar-refractivity contribution in [1.82, 2.24) is 4.98 Å². The molecule has 62 valence electrons. The van der Waals surface area contributed by atoms with Crippen LogP contribution in [0, 0.1) is 6.92 Å². The Morgan fingerprint density at radius 2 is 2.17 bits per heavy atom. The van der Waals surface area contributed by atoms with Crippen LogP contribution in [0.4, 0.5) is 5.69 Å². The molecule has 0 unspecified atom stereocenters. The van der Waals surface area contributed by atoms with Crippen LogP contribution in [0.2, 0.25) is 0 Å². The van der Waals surface area contributed by atoms with E-state index in [0.29, 0.717) is 0 Å². The molecule has 0 aliphatic carbocycles. The molecule has 0 aliphatic rings. The van der Waals surface area contributed by atoms with Crippen LogP contribution < -0.4 is 5.32 Å². The zero-order chi connectivity index (χ0) is 8.55. The van der Waals surface area contributed by atoms with Crippen LogP contribution in [0.15, 0.2) is 24.4 Å². The average molecular weight is 160 g/mol. The second-order valence-corrected chi connectivity index (χ2v) is 3.00. The number of benzene rings is 1. The lowest BCUT2D eigenvalue weighted by atomic mass is 10.1. The SMILES string of the molecule is CNc1cc(C)cc2[nH]ccc12. The standard InChI is InChI=1S/C10H12N2/c1-7-5-9(11-2)8-3-4-12-10(8)6-7/h3-6,11-12H,1-2H3. The van der Waals surface area contributed by atoms with Crippen molar-refractivity contribution in [2.75, 3.05) is 12.4 Å². The molecule has 2 rings (SSSR count). The van der Waals surface area contributed by atoms with Crippen molar-refractivity contribution >= 4 is 16.6 Å². The van der Waals surface area contributed by atoms with Crippen LogP contribution in [0.5, 0.6) is 0 Å². The molecule has 1 aromatic heterocycles. The maximum absolute atomic E-state index is 3.20. The molecule has 2 aromatic rings. The molecule has 0 saturated carbocycles. The summed E-state index contributed by atoms with van der Waals surface area (Å²) in [5.41, 5.74) is 3.65. The third-order valence-corrected chi connectivity index (χ3v) is 2.08. The normalized spacial score (nSPS) is 10.5. The molecule has 0 spiro atoms. The quantitative estimate of drug-likeness (QED) is 0.659. The zero-order valence-corrected chi connectivity index (χ0v) is 7.31. The number of hydrogen-bond donors (Lipinski definition) is 2. The van der Waals surface area contributed by atoms with Crippen molar-refractivity contribution in [2.45, 2.75) is 6.92 Å². The second-order valence-electron chi connectivity index (χ2n) is 3.00. The van der Waals surface area contributed by atoms with Crippen molar-refractivity contribution in [3.8, 4) is 0 Å². The summed E-state index contributed by atoms with van der Waals surface area (Å²) in [6.45, 7) is 2.10. The van der Waals surface area contributed by atoms with Crippen LogP contribution in [0.3, 0.4) is 0 Å². The summed E-state index contributed by atoms with van der Waals surface area (Å²) >= 11 is 0. The minimum absolute atomic E-state index is 1.19. The van der Waals surface area contributed by atoms with E-state index in [2.05, 4.69) is 35.4 Å². The van der Waals surface area contributed by atoms with Gasteiger partial charge in [-0.3, -0.25) is 0 Å². The predicted octanol–water partition coefficient (Wildman–Crippen LogP) is 2.52. The van der Waals surface area contributed by atoms with Gasteiger partial charge in [0.15, 0.2) is 0 Å². The molecule has 12 heavy (non-hydrogen) atoms. The highest BCUT2D eigenvalue weighted by Gasteiger charge is 2.00. The molecular weight excluding hydrogens is 148 g/mol. The first kappa shape index (κ1) is 7.22. The van der Waals surface area contributed by atoms with E-state index in [1.165, 1.54) is 22.2 Å². The summed E-state index contributed by atoms with van der Waals surface area (Å²) in [4.78, 5) is 3.20. The third kappa shape index (κ3) is 0.961. The van der Waals surface area contributed by atoms with Gasteiger partial charge in [0.1, 0.15) is 0 Å². The van der Waals surface area contributed by atoms with E-state index in [1.807, 2.05) is 13.2 Å². The highest BCUT2D eigenvalue weighted by Crippen LogP contribution is 2.23. The number of aryl methyl sites for hydroxylation is 1. The Hall–Kier alpha value is -1.44. The monoisotopic (exact) mass is 160 g/mol. The summed E-state index contributed by atoms with van der Waals surface area (Å²) in [5, 5.41) is 4.43. The van der Waals surface area contributed by atoms with E-state index in [-0.39, 0.29) is 0 Å². The van der Waals surface area contributed by atoms with Gasteiger partial charge in [-0.25, -0.2) is 0 Å². The maximum atomic E-state index is 3.20. The Morgan fingerprint density at radius 1 is 1.33 bits per heavy atom. The molecule has 1 heterocycles. The zero-order valence-electron chi connectivity index (χ0n) is 7.31.